The number of hydrazone groups is 1. The molecule has 1 unspecified atom stereocenters. The molecule has 0 aliphatic carbocycles. The van der Waals surface area contributed by atoms with E-state index in [1.165, 1.54) is 6.21 Å². The van der Waals surface area contributed by atoms with Crippen LogP contribution in [0.1, 0.15) is 18.1 Å². The first-order valence-electron chi connectivity index (χ1n) is 7.79. The summed E-state index contributed by atoms with van der Waals surface area (Å²) < 4.78 is 17.1. The van der Waals surface area contributed by atoms with E-state index in [-0.39, 0.29) is 12.7 Å². The Balaban J connectivity index is 1.60. The molecule has 0 saturated carbocycles. The summed E-state index contributed by atoms with van der Waals surface area (Å²) >= 11 is 9.35. The van der Waals surface area contributed by atoms with Crippen LogP contribution in [0.3, 0.4) is 0 Å². The van der Waals surface area contributed by atoms with Crippen molar-refractivity contribution in [2.75, 3.05) is 6.79 Å². The summed E-state index contributed by atoms with van der Waals surface area (Å²) in [5.74, 6) is 1.53. The van der Waals surface area contributed by atoms with Gasteiger partial charge < -0.3 is 14.2 Å². The van der Waals surface area contributed by atoms with E-state index >= 15 is 0 Å². The molecule has 1 aliphatic heterocycles. The number of fused-ring (bicyclic) bond motifs is 1. The second-order valence-electron chi connectivity index (χ2n) is 5.63. The molecule has 1 amide bonds. The highest BCUT2D eigenvalue weighted by molar-refractivity contribution is 9.10. The van der Waals surface area contributed by atoms with Gasteiger partial charge in [0.25, 0.3) is 5.91 Å². The van der Waals surface area contributed by atoms with Crippen LogP contribution in [0.5, 0.6) is 17.2 Å². The maximum atomic E-state index is 12.2. The number of aryl methyl sites for hydroxylation is 1. The van der Waals surface area contributed by atoms with E-state index in [9.17, 15) is 4.79 Å². The number of benzene rings is 2. The summed E-state index contributed by atoms with van der Waals surface area (Å²) in [5.41, 5.74) is 4.06. The van der Waals surface area contributed by atoms with Crippen LogP contribution < -0.4 is 19.6 Å². The molecule has 0 aromatic heterocycles. The van der Waals surface area contributed by atoms with Gasteiger partial charge in [-0.3, -0.25) is 4.79 Å². The highest BCUT2D eigenvalue weighted by atomic mass is 79.9. The number of halogens is 2. The Morgan fingerprint density at radius 1 is 1.35 bits per heavy atom. The van der Waals surface area contributed by atoms with Gasteiger partial charge >= 0.3 is 0 Å². The van der Waals surface area contributed by atoms with Crippen LogP contribution >= 0.6 is 27.5 Å². The number of hydrogen-bond donors (Lipinski definition) is 1. The van der Waals surface area contributed by atoms with Crippen molar-refractivity contribution in [2.24, 2.45) is 5.10 Å². The van der Waals surface area contributed by atoms with Gasteiger partial charge in [-0.1, -0.05) is 11.6 Å². The lowest BCUT2D eigenvalue weighted by molar-refractivity contribution is -0.127. The van der Waals surface area contributed by atoms with Crippen molar-refractivity contribution in [3.05, 3.63) is 51.0 Å². The van der Waals surface area contributed by atoms with E-state index in [1.54, 1.807) is 37.3 Å². The summed E-state index contributed by atoms with van der Waals surface area (Å²) in [4.78, 5) is 12.2. The zero-order valence-corrected chi connectivity index (χ0v) is 16.4. The number of carbonyl (C=O) groups excluding carboxylic acids is 1. The molecule has 0 spiro atoms. The van der Waals surface area contributed by atoms with Crippen LogP contribution in [-0.2, 0) is 4.79 Å². The summed E-state index contributed by atoms with van der Waals surface area (Å²) in [7, 11) is 0. The molecule has 2 aromatic rings. The molecule has 1 aliphatic rings. The van der Waals surface area contributed by atoms with Crippen molar-refractivity contribution in [1.82, 2.24) is 5.43 Å². The standard InChI is InChI=1S/C18H16BrClN2O4/c1-10-5-13(20)3-4-15(10)26-11(2)18(23)22-21-8-12-6-16-17(7-14(12)19)25-9-24-16/h3-8,11H,9H2,1-2H3,(H,22,23)/b21-8+. The van der Waals surface area contributed by atoms with Crippen molar-refractivity contribution in [1.29, 1.82) is 0 Å². The van der Waals surface area contributed by atoms with E-state index in [0.717, 1.165) is 15.6 Å². The monoisotopic (exact) mass is 438 g/mol. The number of nitrogens with one attached hydrogen (secondary N) is 1. The first-order chi connectivity index (χ1) is 12.4. The van der Waals surface area contributed by atoms with E-state index in [1.807, 2.05) is 6.92 Å². The minimum atomic E-state index is -0.716. The van der Waals surface area contributed by atoms with E-state index in [4.69, 9.17) is 25.8 Å². The molecule has 1 N–H and O–H groups in total. The Morgan fingerprint density at radius 3 is 2.81 bits per heavy atom. The van der Waals surface area contributed by atoms with E-state index < -0.39 is 6.10 Å². The van der Waals surface area contributed by atoms with E-state index in [0.29, 0.717) is 22.3 Å². The fraction of sp³-hybridized carbons (Fsp3) is 0.222. The second kappa shape index (κ2) is 7.97. The Morgan fingerprint density at radius 2 is 2.08 bits per heavy atom. The van der Waals surface area contributed by atoms with Crippen molar-refractivity contribution >= 4 is 39.7 Å². The van der Waals surface area contributed by atoms with Crippen LogP contribution in [0, 0.1) is 6.92 Å². The molecule has 26 heavy (non-hydrogen) atoms. The highest BCUT2D eigenvalue weighted by Crippen LogP contribution is 2.36. The van der Waals surface area contributed by atoms with Gasteiger partial charge in [0.15, 0.2) is 17.6 Å². The van der Waals surface area contributed by atoms with Gasteiger partial charge in [-0.25, -0.2) is 5.43 Å². The molecule has 8 heteroatoms. The number of carbonyl (C=O) groups is 1. The predicted molar refractivity (Wildman–Crippen MR) is 102 cm³/mol. The molecular weight excluding hydrogens is 424 g/mol. The van der Waals surface area contributed by atoms with Crippen molar-refractivity contribution < 1.29 is 19.0 Å². The smallest absolute Gasteiger partial charge is 0.280 e. The number of nitrogens with zero attached hydrogens (tertiary/aromatic N) is 1. The van der Waals surface area contributed by atoms with Gasteiger partial charge in [-0.05, 0) is 65.7 Å². The summed E-state index contributed by atoms with van der Waals surface area (Å²) in [5, 5.41) is 4.59. The number of ether oxygens (including phenoxy) is 3. The maximum absolute atomic E-state index is 12.2. The molecule has 0 bridgehead atoms. The highest BCUT2D eigenvalue weighted by Gasteiger charge is 2.17. The molecule has 136 valence electrons. The second-order valence-corrected chi connectivity index (χ2v) is 6.92. The number of hydrogen-bond acceptors (Lipinski definition) is 5. The third-order valence-electron chi connectivity index (χ3n) is 3.68. The minimum absolute atomic E-state index is 0.193. The van der Waals surface area contributed by atoms with Crippen molar-refractivity contribution in [3.63, 3.8) is 0 Å². The summed E-state index contributed by atoms with van der Waals surface area (Å²) in [6, 6.07) is 8.79. The minimum Gasteiger partial charge on any atom is -0.481 e. The third kappa shape index (κ3) is 4.28. The normalized spacial score (nSPS) is 13.7. The topological polar surface area (TPSA) is 69.2 Å². The van der Waals surface area contributed by atoms with Gasteiger partial charge in [0, 0.05) is 15.1 Å². The number of amides is 1. The van der Waals surface area contributed by atoms with Crippen LogP contribution in [-0.4, -0.2) is 25.0 Å². The van der Waals surface area contributed by atoms with Gasteiger partial charge in [0.2, 0.25) is 6.79 Å². The van der Waals surface area contributed by atoms with Crippen LogP contribution in [0.2, 0.25) is 5.02 Å². The average Bonchev–Trinajstić information content (AvgIpc) is 3.04. The SMILES string of the molecule is Cc1cc(Cl)ccc1OC(C)C(=O)N/N=C/c1cc2c(cc1Br)OCO2. The lowest BCUT2D eigenvalue weighted by Gasteiger charge is -2.14. The first kappa shape index (κ1) is 18.5. The zero-order chi connectivity index (χ0) is 18.7. The van der Waals surface area contributed by atoms with E-state index in [2.05, 4.69) is 26.5 Å². The molecule has 1 heterocycles. The van der Waals surface area contributed by atoms with Crippen LogP contribution in [0.15, 0.2) is 39.9 Å². The molecule has 0 fully saturated rings. The molecule has 0 saturated heterocycles. The van der Waals surface area contributed by atoms with Crippen LogP contribution in [0.25, 0.3) is 0 Å². The number of rotatable bonds is 5. The van der Waals surface area contributed by atoms with Gasteiger partial charge in [0.05, 0.1) is 6.21 Å². The first-order valence-corrected chi connectivity index (χ1v) is 8.96. The molecular formula is C18H16BrClN2O4. The predicted octanol–water partition coefficient (Wildman–Crippen LogP) is 4.06. The Hall–Kier alpha value is -2.25. The fourth-order valence-corrected chi connectivity index (χ4v) is 2.93. The van der Waals surface area contributed by atoms with Gasteiger partial charge in [0.1, 0.15) is 5.75 Å². The molecule has 2 aromatic carbocycles. The Bertz CT molecular complexity index is 873. The molecule has 0 radical (unpaired) electrons. The van der Waals surface area contributed by atoms with Gasteiger partial charge in [-0.15, -0.1) is 0 Å². The Kier molecular flexibility index (Phi) is 5.68. The van der Waals surface area contributed by atoms with Crippen molar-refractivity contribution in [2.45, 2.75) is 20.0 Å². The zero-order valence-electron chi connectivity index (χ0n) is 14.1. The van der Waals surface area contributed by atoms with Gasteiger partial charge in [-0.2, -0.15) is 5.10 Å². The largest absolute Gasteiger partial charge is 0.481 e. The molecule has 1 atom stereocenters. The summed E-state index contributed by atoms with van der Waals surface area (Å²) in [6.07, 6.45) is 0.803. The quantitative estimate of drug-likeness (QED) is 0.563. The lowest BCUT2D eigenvalue weighted by atomic mass is 10.2. The van der Waals surface area contributed by atoms with Crippen molar-refractivity contribution in [3.8, 4) is 17.2 Å². The molecule has 3 rings (SSSR count). The fourth-order valence-electron chi connectivity index (χ4n) is 2.28. The molecule has 6 nitrogen and oxygen atoms in total. The maximum Gasteiger partial charge on any atom is 0.280 e. The van der Waals surface area contributed by atoms with Crippen LogP contribution in [0.4, 0.5) is 0 Å². The summed E-state index contributed by atoms with van der Waals surface area (Å²) in [6.45, 7) is 3.70. The third-order valence-corrected chi connectivity index (χ3v) is 4.60. The Labute approximate surface area is 164 Å². The lowest BCUT2D eigenvalue weighted by Crippen LogP contribution is -2.33. The average molecular weight is 440 g/mol.